The van der Waals surface area contributed by atoms with Crippen LogP contribution in [-0.2, 0) is 16.1 Å². The van der Waals surface area contributed by atoms with Crippen LogP contribution in [0, 0.1) is 6.92 Å². The first-order valence-corrected chi connectivity index (χ1v) is 11.4. The van der Waals surface area contributed by atoms with E-state index in [2.05, 4.69) is 11.9 Å². The Bertz CT molecular complexity index is 753. The highest BCUT2D eigenvalue weighted by Gasteiger charge is 2.19. The van der Waals surface area contributed by atoms with E-state index in [9.17, 15) is 4.79 Å². The molecule has 164 valence electrons. The van der Waals surface area contributed by atoms with Crippen molar-refractivity contribution in [3.05, 3.63) is 47.7 Å². The zero-order valence-corrected chi connectivity index (χ0v) is 18.6. The Kier molecular flexibility index (Phi) is 11.6. The van der Waals surface area contributed by atoms with Crippen LogP contribution in [0.15, 0.2) is 45.9 Å². The maximum Gasteiger partial charge on any atom is 0.361 e. The molecule has 0 N–H and O–H groups in total. The molecule has 0 saturated carbocycles. The molecule has 1 aromatic carbocycles. The van der Waals surface area contributed by atoms with Gasteiger partial charge in [0.2, 0.25) is 6.54 Å². The lowest BCUT2D eigenvalue weighted by molar-refractivity contribution is -0.845. The average Bonchev–Trinajstić information content (AvgIpc) is 3.10. The number of carbonyl (C=O) groups excluding carboxylic acids is 1. The predicted molar refractivity (Wildman–Crippen MR) is 120 cm³/mol. The Morgan fingerprint density at radius 1 is 1.00 bits per heavy atom. The fraction of sp³-hybridized carbons (Fsp3) is 0.560. The normalized spacial score (nSPS) is 11.3. The first-order chi connectivity index (χ1) is 14.7. The minimum absolute atomic E-state index is 0.0348. The number of aromatic nitrogens is 1. The van der Waals surface area contributed by atoms with Gasteiger partial charge in [-0.3, -0.25) is 0 Å². The summed E-state index contributed by atoms with van der Waals surface area (Å²) < 4.78 is 12.4. The minimum atomic E-state index is -0.290. The Hall–Kier alpha value is -2.43. The zero-order valence-electron chi connectivity index (χ0n) is 18.6. The lowest BCUT2D eigenvalue weighted by atomic mass is 10.1. The summed E-state index contributed by atoms with van der Waals surface area (Å²) in [4.78, 5) is 16.6. The zero-order chi connectivity index (χ0) is 21.4. The molecule has 30 heavy (non-hydrogen) atoms. The Morgan fingerprint density at radius 3 is 2.30 bits per heavy atom. The number of hydrogen-bond donors (Lipinski definition) is 0. The summed E-state index contributed by atoms with van der Waals surface area (Å²) in [5.74, 6) is 1.02. The molecule has 0 aliphatic heterocycles. The molecule has 0 amide bonds. The Morgan fingerprint density at radius 2 is 1.63 bits per heavy atom. The largest absolute Gasteiger partial charge is 0.463 e. The Labute approximate surface area is 181 Å². The maximum atomic E-state index is 12.2. The average molecular weight is 414 g/mol. The summed E-state index contributed by atoms with van der Waals surface area (Å²) in [6.07, 6.45) is 14.4. The monoisotopic (exact) mass is 413 g/mol. The van der Waals surface area contributed by atoms with Crippen molar-refractivity contribution in [3.8, 4) is 0 Å². The van der Waals surface area contributed by atoms with Gasteiger partial charge in [-0.15, -0.1) is 0 Å². The summed E-state index contributed by atoms with van der Waals surface area (Å²) in [5, 5.41) is 0. The van der Waals surface area contributed by atoms with Gasteiger partial charge in [0.15, 0.2) is 5.76 Å². The molecule has 0 unspecified atom stereocenters. The molecular weight excluding hydrogens is 376 g/mol. The highest BCUT2D eigenvalue weighted by atomic mass is 16.5. The quantitative estimate of drug-likeness (QED) is 0.154. The van der Waals surface area contributed by atoms with Crippen molar-refractivity contribution < 1.29 is 18.8 Å². The van der Waals surface area contributed by atoms with E-state index < -0.39 is 0 Å². The molecule has 0 spiro atoms. The summed E-state index contributed by atoms with van der Waals surface area (Å²) in [6, 6.07) is 11.6. The molecule has 1 heterocycles. The number of rotatable bonds is 15. The highest BCUT2D eigenvalue weighted by molar-refractivity contribution is 5.81. The molecule has 5 nitrogen and oxygen atoms in total. The van der Waals surface area contributed by atoms with Crippen molar-refractivity contribution in [2.75, 3.05) is 6.61 Å². The van der Waals surface area contributed by atoms with E-state index in [1.165, 1.54) is 56.1 Å². The number of ether oxygens (including phenoxy) is 1. The Balaban J connectivity index is 1.62. The van der Waals surface area contributed by atoms with Crippen LogP contribution < -0.4 is 4.74 Å². The summed E-state index contributed by atoms with van der Waals surface area (Å²) in [6.45, 7) is 4.60. The van der Waals surface area contributed by atoms with E-state index >= 15 is 0 Å². The SMILES string of the molecule is CCCCCCCCCCCCOC(=O)C[n+]1oc(C)cc1N=Cc1ccccc1. The van der Waals surface area contributed by atoms with Crippen molar-refractivity contribution in [1.82, 2.24) is 0 Å². The van der Waals surface area contributed by atoms with Crippen molar-refractivity contribution >= 4 is 18.0 Å². The molecule has 0 atom stereocenters. The van der Waals surface area contributed by atoms with E-state index in [4.69, 9.17) is 9.26 Å². The first-order valence-electron chi connectivity index (χ1n) is 11.4. The number of benzene rings is 1. The van der Waals surface area contributed by atoms with Crippen molar-refractivity contribution in [2.24, 2.45) is 4.99 Å². The van der Waals surface area contributed by atoms with Crippen LogP contribution in [0.25, 0.3) is 0 Å². The number of hydrogen-bond acceptors (Lipinski definition) is 4. The van der Waals surface area contributed by atoms with Gasteiger partial charge in [0.05, 0.1) is 12.7 Å². The lowest BCUT2D eigenvalue weighted by Crippen LogP contribution is -2.37. The van der Waals surface area contributed by atoms with E-state index in [-0.39, 0.29) is 12.5 Å². The van der Waals surface area contributed by atoms with Crippen LogP contribution in [0.4, 0.5) is 5.82 Å². The third kappa shape index (κ3) is 9.86. The minimum Gasteiger partial charge on any atom is -0.463 e. The number of aryl methyl sites for hydroxylation is 1. The van der Waals surface area contributed by atoms with Crippen LogP contribution >= 0.6 is 0 Å². The molecule has 0 bridgehead atoms. The smallest absolute Gasteiger partial charge is 0.361 e. The molecule has 0 saturated heterocycles. The third-order valence-electron chi connectivity index (χ3n) is 5.02. The van der Waals surface area contributed by atoms with Crippen LogP contribution in [-0.4, -0.2) is 18.8 Å². The second-order valence-corrected chi connectivity index (χ2v) is 7.81. The molecule has 1 aromatic heterocycles. The molecule has 5 heteroatoms. The van der Waals surface area contributed by atoms with Crippen LogP contribution in [0.5, 0.6) is 0 Å². The maximum absolute atomic E-state index is 12.2. The van der Waals surface area contributed by atoms with Gasteiger partial charge in [-0.1, -0.05) is 99.8 Å². The highest BCUT2D eigenvalue weighted by Crippen LogP contribution is 2.11. The van der Waals surface area contributed by atoms with Gasteiger partial charge in [-0.25, -0.2) is 4.79 Å². The summed E-state index contributed by atoms with van der Waals surface area (Å²) in [7, 11) is 0. The molecule has 2 rings (SSSR count). The summed E-state index contributed by atoms with van der Waals surface area (Å²) in [5.41, 5.74) is 0.992. The van der Waals surface area contributed by atoms with E-state index in [1.54, 1.807) is 6.21 Å². The predicted octanol–water partition coefficient (Wildman–Crippen LogP) is 6.09. The fourth-order valence-corrected chi connectivity index (χ4v) is 3.33. The van der Waals surface area contributed by atoms with Crippen LogP contribution in [0.2, 0.25) is 0 Å². The molecule has 0 aliphatic carbocycles. The van der Waals surface area contributed by atoms with Crippen molar-refractivity contribution in [1.29, 1.82) is 0 Å². The first kappa shape index (κ1) is 23.8. The standard InChI is InChI=1S/C25H37N2O3/c1-3-4-5-6-7-8-9-10-11-15-18-29-25(28)21-27-24(19-22(2)30-27)26-20-23-16-13-12-14-17-23/h12-14,16-17,19-20H,3-11,15,18,21H2,1-2H3/q+1. The molecule has 0 aliphatic rings. The molecule has 0 fully saturated rings. The van der Waals surface area contributed by atoms with Gasteiger partial charge >= 0.3 is 11.8 Å². The number of nitrogens with zero attached hydrogens (tertiary/aromatic N) is 2. The van der Waals surface area contributed by atoms with E-state index in [0.29, 0.717) is 18.2 Å². The van der Waals surface area contributed by atoms with Crippen LogP contribution in [0.1, 0.15) is 82.5 Å². The number of aliphatic imine (C=N–C) groups is 1. The second-order valence-electron chi connectivity index (χ2n) is 7.81. The van der Waals surface area contributed by atoms with Gasteiger partial charge in [-0.05, 0) is 18.3 Å². The lowest BCUT2D eigenvalue weighted by Gasteiger charge is -2.04. The molecule has 2 aromatic rings. The van der Waals surface area contributed by atoms with Gasteiger partial charge in [0.1, 0.15) is 6.21 Å². The van der Waals surface area contributed by atoms with Gasteiger partial charge in [-0.2, -0.15) is 0 Å². The third-order valence-corrected chi connectivity index (χ3v) is 5.02. The van der Waals surface area contributed by atoms with Crippen molar-refractivity contribution in [2.45, 2.75) is 84.6 Å². The number of unbranched alkanes of at least 4 members (excludes halogenated alkanes) is 9. The van der Waals surface area contributed by atoms with Gasteiger partial charge < -0.3 is 9.26 Å². The van der Waals surface area contributed by atoms with Crippen molar-refractivity contribution in [3.63, 3.8) is 0 Å². The second kappa shape index (κ2) is 14.5. The topological polar surface area (TPSA) is 55.7 Å². The van der Waals surface area contributed by atoms with Gasteiger partial charge in [0, 0.05) is 5.56 Å². The molecule has 0 radical (unpaired) electrons. The fourth-order valence-electron chi connectivity index (χ4n) is 3.33. The van der Waals surface area contributed by atoms with Gasteiger partial charge in [0.25, 0.3) is 0 Å². The van der Waals surface area contributed by atoms with Crippen LogP contribution in [0.3, 0.4) is 0 Å². The summed E-state index contributed by atoms with van der Waals surface area (Å²) >= 11 is 0. The number of esters is 1. The van der Waals surface area contributed by atoms with E-state index in [0.717, 1.165) is 18.4 Å². The molecular formula is C25H37N2O3+. The number of carbonyl (C=O) groups is 1. The van der Waals surface area contributed by atoms with E-state index in [1.807, 2.05) is 43.3 Å².